The highest BCUT2D eigenvalue weighted by atomic mass is 32.1. The molecule has 20 heavy (non-hydrogen) atoms. The molecular formula is C15H18N2O2S. The van der Waals surface area contributed by atoms with Gasteiger partial charge in [-0.05, 0) is 25.5 Å². The van der Waals surface area contributed by atoms with Gasteiger partial charge in [-0.2, -0.15) is 0 Å². The highest BCUT2D eigenvalue weighted by Crippen LogP contribution is 2.19. The van der Waals surface area contributed by atoms with Crippen molar-refractivity contribution in [3.63, 3.8) is 0 Å². The van der Waals surface area contributed by atoms with Gasteiger partial charge >= 0.3 is 5.97 Å². The summed E-state index contributed by atoms with van der Waals surface area (Å²) in [5.41, 5.74) is 2.99. The van der Waals surface area contributed by atoms with E-state index < -0.39 is 5.97 Å². The summed E-state index contributed by atoms with van der Waals surface area (Å²) >= 11 is 1.62. The number of carboxylic acid groups (broad SMARTS) is 1. The molecule has 0 saturated heterocycles. The average molecular weight is 290 g/mol. The lowest BCUT2D eigenvalue weighted by Crippen LogP contribution is -2.29. The number of carboxylic acids is 1. The summed E-state index contributed by atoms with van der Waals surface area (Å²) < 4.78 is 0. The lowest BCUT2D eigenvalue weighted by Gasteiger charge is -2.22. The first-order chi connectivity index (χ1) is 9.58. The van der Waals surface area contributed by atoms with Crippen molar-refractivity contribution < 1.29 is 9.90 Å². The van der Waals surface area contributed by atoms with Gasteiger partial charge in [-0.3, -0.25) is 4.79 Å². The Morgan fingerprint density at radius 2 is 2.05 bits per heavy atom. The Balaban J connectivity index is 2.18. The minimum Gasteiger partial charge on any atom is -0.480 e. The van der Waals surface area contributed by atoms with E-state index in [0.717, 1.165) is 28.4 Å². The molecule has 1 aromatic carbocycles. The summed E-state index contributed by atoms with van der Waals surface area (Å²) in [4.78, 5) is 17.4. The Kier molecular flexibility index (Phi) is 4.74. The third-order valence-electron chi connectivity index (χ3n) is 2.98. The number of hydrogen-bond donors (Lipinski definition) is 1. The van der Waals surface area contributed by atoms with Gasteiger partial charge in [0.2, 0.25) is 0 Å². The van der Waals surface area contributed by atoms with E-state index in [9.17, 15) is 4.79 Å². The zero-order chi connectivity index (χ0) is 14.5. The molecule has 0 aliphatic heterocycles. The maximum atomic E-state index is 11.0. The fraction of sp³-hybridized carbons (Fsp3) is 0.333. The fourth-order valence-corrected chi connectivity index (χ4v) is 2.67. The fourth-order valence-electron chi connectivity index (χ4n) is 1.94. The number of aromatic nitrogens is 1. The molecule has 4 nitrogen and oxygen atoms in total. The van der Waals surface area contributed by atoms with Crippen LogP contribution in [0.3, 0.4) is 0 Å². The molecule has 106 valence electrons. The van der Waals surface area contributed by atoms with Gasteiger partial charge in [0.1, 0.15) is 6.54 Å². The molecule has 0 fully saturated rings. The molecule has 1 heterocycles. The Bertz CT molecular complexity index is 578. The van der Waals surface area contributed by atoms with Crippen LogP contribution in [0, 0.1) is 6.92 Å². The Labute approximate surface area is 122 Å². The number of hydrogen-bond acceptors (Lipinski definition) is 4. The van der Waals surface area contributed by atoms with Gasteiger partial charge in [0.15, 0.2) is 0 Å². The summed E-state index contributed by atoms with van der Waals surface area (Å²) in [5.74, 6) is -0.837. The van der Waals surface area contributed by atoms with E-state index in [4.69, 9.17) is 5.11 Å². The summed E-state index contributed by atoms with van der Waals surface area (Å²) in [7, 11) is 0. The topological polar surface area (TPSA) is 53.4 Å². The van der Waals surface area contributed by atoms with E-state index in [1.807, 2.05) is 41.5 Å². The quantitative estimate of drug-likeness (QED) is 0.888. The molecule has 0 bridgehead atoms. The number of rotatable bonds is 6. The van der Waals surface area contributed by atoms with Crippen LogP contribution in [0.25, 0.3) is 0 Å². The molecule has 0 aliphatic rings. The molecule has 1 aromatic heterocycles. The van der Waals surface area contributed by atoms with Crippen molar-refractivity contribution in [2.75, 3.05) is 11.4 Å². The predicted molar refractivity (Wildman–Crippen MR) is 81.4 cm³/mol. The SMILES string of the molecule is CCc1nc(CN(CC(=O)O)c2ccc(C)cc2)cs1. The second-order valence-electron chi connectivity index (χ2n) is 4.67. The van der Waals surface area contributed by atoms with Gasteiger partial charge in [-0.15, -0.1) is 11.3 Å². The van der Waals surface area contributed by atoms with Gasteiger partial charge in [-0.25, -0.2) is 4.98 Å². The van der Waals surface area contributed by atoms with Crippen LogP contribution in [0.2, 0.25) is 0 Å². The van der Waals surface area contributed by atoms with Crippen molar-refractivity contribution in [1.82, 2.24) is 4.98 Å². The van der Waals surface area contributed by atoms with Gasteiger partial charge in [0.25, 0.3) is 0 Å². The van der Waals surface area contributed by atoms with E-state index in [2.05, 4.69) is 11.9 Å². The first kappa shape index (κ1) is 14.5. The van der Waals surface area contributed by atoms with Crippen molar-refractivity contribution in [3.8, 4) is 0 Å². The lowest BCUT2D eigenvalue weighted by atomic mass is 10.2. The second kappa shape index (κ2) is 6.52. The van der Waals surface area contributed by atoms with Gasteiger partial charge in [0, 0.05) is 11.1 Å². The molecule has 2 rings (SSSR count). The monoisotopic (exact) mass is 290 g/mol. The summed E-state index contributed by atoms with van der Waals surface area (Å²) in [5, 5.41) is 12.2. The summed E-state index contributed by atoms with van der Waals surface area (Å²) in [6.45, 7) is 4.57. The van der Waals surface area contributed by atoms with E-state index in [1.54, 1.807) is 11.3 Å². The van der Waals surface area contributed by atoms with Crippen molar-refractivity contribution >= 4 is 23.0 Å². The molecule has 0 atom stereocenters. The van der Waals surface area contributed by atoms with Crippen molar-refractivity contribution in [2.24, 2.45) is 0 Å². The molecule has 1 N–H and O–H groups in total. The molecule has 5 heteroatoms. The molecule has 0 amide bonds. The van der Waals surface area contributed by atoms with Crippen LogP contribution < -0.4 is 4.90 Å². The smallest absolute Gasteiger partial charge is 0.323 e. The average Bonchev–Trinajstić information content (AvgIpc) is 2.86. The number of nitrogens with zero attached hydrogens (tertiary/aromatic N) is 2. The highest BCUT2D eigenvalue weighted by Gasteiger charge is 2.13. The minimum atomic E-state index is -0.837. The highest BCUT2D eigenvalue weighted by molar-refractivity contribution is 7.09. The van der Waals surface area contributed by atoms with Crippen molar-refractivity contribution in [1.29, 1.82) is 0 Å². The molecule has 0 saturated carbocycles. The van der Waals surface area contributed by atoms with E-state index >= 15 is 0 Å². The summed E-state index contributed by atoms with van der Waals surface area (Å²) in [6.07, 6.45) is 0.911. The van der Waals surface area contributed by atoms with Crippen LogP contribution in [0.5, 0.6) is 0 Å². The first-order valence-electron chi connectivity index (χ1n) is 6.55. The zero-order valence-corrected chi connectivity index (χ0v) is 12.5. The van der Waals surface area contributed by atoms with Crippen molar-refractivity contribution in [2.45, 2.75) is 26.8 Å². The van der Waals surface area contributed by atoms with E-state index in [1.165, 1.54) is 0 Å². The van der Waals surface area contributed by atoms with Gasteiger partial charge in [-0.1, -0.05) is 24.6 Å². The first-order valence-corrected chi connectivity index (χ1v) is 7.43. The van der Waals surface area contributed by atoms with Crippen LogP contribution in [-0.2, 0) is 17.8 Å². The molecule has 0 aliphatic carbocycles. The Morgan fingerprint density at radius 1 is 1.35 bits per heavy atom. The molecular weight excluding hydrogens is 272 g/mol. The van der Waals surface area contributed by atoms with Crippen LogP contribution in [-0.4, -0.2) is 22.6 Å². The largest absolute Gasteiger partial charge is 0.480 e. The second-order valence-corrected chi connectivity index (χ2v) is 5.61. The molecule has 0 spiro atoms. The Morgan fingerprint density at radius 3 is 2.60 bits per heavy atom. The number of aryl methyl sites for hydroxylation is 2. The standard InChI is InChI=1S/C15H18N2O2S/c1-3-14-16-12(10-20-14)8-17(9-15(18)19)13-6-4-11(2)5-7-13/h4-7,10H,3,8-9H2,1-2H3,(H,18,19). The number of benzene rings is 1. The van der Waals surface area contributed by atoms with Crippen LogP contribution in [0.4, 0.5) is 5.69 Å². The van der Waals surface area contributed by atoms with Gasteiger partial charge in [0.05, 0.1) is 17.2 Å². The Hall–Kier alpha value is -1.88. The molecule has 0 unspecified atom stereocenters. The van der Waals surface area contributed by atoms with E-state index in [-0.39, 0.29) is 6.54 Å². The normalized spacial score (nSPS) is 10.5. The van der Waals surface area contributed by atoms with E-state index in [0.29, 0.717) is 6.54 Å². The maximum absolute atomic E-state index is 11.0. The van der Waals surface area contributed by atoms with Gasteiger partial charge < -0.3 is 10.0 Å². The van der Waals surface area contributed by atoms with Crippen molar-refractivity contribution in [3.05, 3.63) is 45.9 Å². The van der Waals surface area contributed by atoms with Crippen LogP contribution in [0.1, 0.15) is 23.2 Å². The summed E-state index contributed by atoms with van der Waals surface area (Å²) in [6, 6.07) is 7.88. The zero-order valence-electron chi connectivity index (χ0n) is 11.7. The third kappa shape index (κ3) is 3.81. The number of thiazole rings is 1. The number of carbonyl (C=O) groups is 1. The third-order valence-corrected chi connectivity index (χ3v) is 4.02. The lowest BCUT2D eigenvalue weighted by molar-refractivity contribution is -0.135. The van der Waals surface area contributed by atoms with Crippen LogP contribution in [0.15, 0.2) is 29.6 Å². The number of anilines is 1. The number of aliphatic carboxylic acids is 1. The predicted octanol–water partition coefficient (Wildman–Crippen LogP) is 3.11. The molecule has 0 radical (unpaired) electrons. The van der Waals surface area contributed by atoms with Crippen LogP contribution >= 0.6 is 11.3 Å². The minimum absolute atomic E-state index is 0.0257. The maximum Gasteiger partial charge on any atom is 0.323 e. The molecule has 2 aromatic rings.